The standard InChI is InChI=1S/C15H16FN3O3S/c1-19(2)12-4-3-9(7-10(12)16)14(20)17-6-5-13-18-11(8-23-13)15(21)22/h3-4,7-8H,5-6H2,1-2H3,(H,17,20)(H,21,22). The Balaban J connectivity index is 1.91. The maximum atomic E-state index is 13.8. The number of aromatic carboxylic acids is 1. The molecule has 0 unspecified atom stereocenters. The van der Waals surface area contributed by atoms with Gasteiger partial charge in [-0.05, 0) is 18.2 Å². The number of amides is 1. The first-order chi connectivity index (χ1) is 10.9. The van der Waals surface area contributed by atoms with Gasteiger partial charge in [0.15, 0.2) is 5.69 Å². The maximum absolute atomic E-state index is 13.8. The Morgan fingerprint density at radius 3 is 2.70 bits per heavy atom. The second-order valence-electron chi connectivity index (χ2n) is 5.00. The van der Waals surface area contributed by atoms with Gasteiger partial charge in [0, 0.05) is 38.0 Å². The van der Waals surface area contributed by atoms with E-state index in [1.165, 1.54) is 22.8 Å². The van der Waals surface area contributed by atoms with Crippen LogP contribution in [0.1, 0.15) is 25.9 Å². The summed E-state index contributed by atoms with van der Waals surface area (Å²) in [5, 5.41) is 13.5. The predicted octanol–water partition coefficient (Wildman–Crippen LogP) is 2.02. The van der Waals surface area contributed by atoms with Crippen molar-refractivity contribution in [3.8, 4) is 0 Å². The fourth-order valence-electron chi connectivity index (χ4n) is 1.92. The lowest BCUT2D eigenvalue weighted by Gasteiger charge is -2.14. The summed E-state index contributed by atoms with van der Waals surface area (Å²) in [6.07, 6.45) is 0.419. The van der Waals surface area contributed by atoms with Gasteiger partial charge >= 0.3 is 5.97 Å². The van der Waals surface area contributed by atoms with Crippen molar-refractivity contribution in [3.63, 3.8) is 0 Å². The average Bonchev–Trinajstić information content (AvgIpc) is 2.95. The molecule has 2 rings (SSSR count). The number of nitrogens with zero attached hydrogens (tertiary/aromatic N) is 2. The summed E-state index contributed by atoms with van der Waals surface area (Å²) in [5.74, 6) is -1.93. The highest BCUT2D eigenvalue weighted by atomic mass is 32.1. The summed E-state index contributed by atoms with van der Waals surface area (Å²) >= 11 is 1.22. The molecule has 0 saturated carbocycles. The van der Waals surface area contributed by atoms with Crippen LogP contribution in [0.3, 0.4) is 0 Å². The molecule has 0 radical (unpaired) electrons. The Kier molecular flexibility index (Phi) is 5.28. The van der Waals surface area contributed by atoms with Crippen LogP contribution in [0.2, 0.25) is 0 Å². The van der Waals surface area contributed by atoms with Gasteiger partial charge < -0.3 is 15.3 Å². The molecule has 0 saturated heterocycles. The molecule has 122 valence electrons. The maximum Gasteiger partial charge on any atom is 0.355 e. The number of carboxylic acids is 1. The summed E-state index contributed by atoms with van der Waals surface area (Å²) in [4.78, 5) is 28.3. The van der Waals surface area contributed by atoms with E-state index in [-0.39, 0.29) is 17.2 Å². The number of rotatable bonds is 6. The molecule has 0 bridgehead atoms. The van der Waals surface area contributed by atoms with Crippen LogP contribution in [0.4, 0.5) is 10.1 Å². The first kappa shape index (κ1) is 16.9. The molecule has 0 spiro atoms. The Labute approximate surface area is 136 Å². The van der Waals surface area contributed by atoms with Crippen LogP contribution >= 0.6 is 11.3 Å². The molecule has 1 heterocycles. The largest absolute Gasteiger partial charge is 0.476 e. The number of halogens is 1. The molecule has 1 aromatic carbocycles. The highest BCUT2D eigenvalue weighted by molar-refractivity contribution is 7.09. The molecule has 0 fully saturated rings. The van der Waals surface area contributed by atoms with Crippen molar-refractivity contribution in [2.45, 2.75) is 6.42 Å². The normalized spacial score (nSPS) is 10.4. The van der Waals surface area contributed by atoms with Crippen LogP contribution in [0, 0.1) is 5.82 Å². The Bertz CT molecular complexity index is 731. The summed E-state index contributed by atoms with van der Waals surface area (Å²) in [6, 6.07) is 4.29. The fraction of sp³-hybridized carbons (Fsp3) is 0.267. The molecule has 2 aromatic rings. The Hall–Kier alpha value is -2.48. The molecular weight excluding hydrogens is 321 g/mol. The molecule has 0 aliphatic heterocycles. The zero-order chi connectivity index (χ0) is 17.0. The van der Waals surface area contributed by atoms with Crippen molar-refractivity contribution in [2.24, 2.45) is 0 Å². The van der Waals surface area contributed by atoms with E-state index in [2.05, 4.69) is 10.3 Å². The second kappa shape index (κ2) is 7.19. The first-order valence-electron chi connectivity index (χ1n) is 6.81. The van der Waals surface area contributed by atoms with Crippen molar-refractivity contribution in [1.29, 1.82) is 0 Å². The molecule has 2 N–H and O–H groups in total. The predicted molar refractivity (Wildman–Crippen MR) is 85.8 cm³/mol. The number of hydrogen-bond donors (Lipinski definition) is 2. The first-order valence-corrected chi connectivity index (χ1v) is 7.69. The number of carbonyl (C=O) groups excluding carboxylic acids is 1. The van der Waals surface area contributed by atoms with E-state index in [0.29, 0.717) is 23.7 Å². The molecule has 6 nitrogen and oxygen atoms in total. The minimum absolute atomic E-state index is 0.00216. The fourth-order valence-corrected chi connectivity index (χ4v) is 2.69. The van der Waals surface area contributed by atoms with Gasteiger partial charge in [0.05, 0.1) is 10.7 Å². The van der Waals surface area contributed by atoms with E-state index in [9.17, 15) is 14.0 Å². The van der Waals surface area contributed by atoms with Gasteiger partial charge in [0.1, 0.15) is 5.82 Å². The molecule has 0 aliphatic rings. The van der Waals surface area contributed by atoms with E-state index in [0.717, 1.165) is 0 Å². The molecule has 1 amide bonds. The van der Waals surface area contributed by atoms with Crippen LogP contribution in [0.15, 0.2) is 23.6 Å². The SMILES string of the molecule is CN(C)c1ccc(C(=O)NCCc2nc(C(=O)O)cs2)cc1F. The topological polar surface area (TPSA) is 82.5 Å². The number of hydrogen-bond acceptors (Lipinski definition) is 5. The molecule has 8 heteroatoms. The lowest BCUT2D eigenvalue weighted by atomic mass is 10.1. The van der Waals surface area contributed by atoms with Crippen molar-refractivity contribution >= 4 is 28.9 Å². The van der Waals surface area contributed by atoms with Crippen LogP contribution in [0.5, 0.6) is 0 Å². The van der Waals surface area contributed by atoms with E-state index in [1.54, 1.807) is 31.1 Å². The monoisotopic (exact) mass is 337 g/mol. The second-order valence-corrected chi connectivity index (χ2v) is 5.94. The van der Waals surface area contributed by atoms with Gasteiger partial charge in [-0.3, -0.25) is 4.79 Å². The Morgan fingerprint density at radius 1 is 1.39 bits per heavy atom. The van der Waals surface area contributed by atoms with Gasteiger partial charge in [-0.2, -0.15) is 0 Å². The molecule has 0 aliphatic carbocycles. The van der Waals surface area contributed by atoms with Crippen molar-refractivity contribution < 1.29 is 19.1 Å². The smallest absolute Gasteiger partial charge is 0.355 e. The number of nitrogens with one attached hydrogen (secondary N) is 1. The van der Waals surface area contributed by atoms with Crippen LogP contribution < -0.4 is 10.2 Å². The van der Waals surface area contributed by atoms with Crippen LogP contribution in [-0.4, -0.2) is 42.6 Å². The third kappa shape index (κ3) is 4.26. The van der Waals surface area contributed by atoms with Crippen LogP contribution in [0.25, 0.3) is 0 Å². The highest BCUT2D eigenvalue weighted by Crippen LogP contribution is 2.18. The number of aromatic nitrogens is 1. The van der Waals surface area contributed by atoms with E-state index in [4.69, 9.17) is 5.11 Å². The van der Waals surface area contributed by atoms with Gasteiger partial charge in [0.25, 0.3) is 5.91 Å². The molecule has 23 heavy (non-hydrogen) atoms. The van der Waals surface area contributed by atoms with Gasteiger partial charge in [-0.25, -0.2) is 14.2 Å². The van der Waals surface area contributed by atoms with E-state index in [1.807, 2.05) is 0 Å². The van der Waals surface area contributed by atoms with Crippen LogP contribution in [-0.2, 0) is 6.42 Å². The van der Waals surface area contributed by atoms with Gasteiger partial charge in [0.2, 0.25) is 0 Å². The number of carbonyl (C=O) groups is 2. The van der Waals surface area contributed by atoms with E-state index >= 15 is 0 Å². The number of carboxylic acid groups (broad SMARTS) is 1. The quantitative estimate of drug-likeness (QED) is 0.843. The van der Waals surface area contributed by atoms with Crippen molar-refractivity contribution in [3.05, 3.63) is 45.7 Å². The minimum Gasteiger partial charge on any atom is -0.476 e. The van der Waals surface area contributed by atoms with Gasteiger partial charge in [-0.15, -0.1) is 11.3 Å². The van der Waals surface area contributed by atoms with E-state index < -0.39 is 11.8 Å². The molecular formula is C15H16FN3O3S. The Morgan fingerprint density at radius 2 is 2.13 bits per heavy atom. The number of anilines is 1. The summed E-state index contributed by atoms with van der Waals surface area (Å²) in [5.41, 5.74) is 0.640. The lowest BCUT2D eigenvalue weighted by molar-refractivity contribution is 0.0690. The van der Waals surface area contributed by atoms with Crippen molar-refractivity contribution in [2.75, 3.05) is 25.5 Å². The third-order valence-corrected chi connectivity index (χ3v) is 4.00. The summed E-state index contributed by atoms with van der Waals surface area (Å²) in [6.45, 7) is 0.294. The van der Waals surface area contributed by atoms with Gasteiger partial charge in [-0.1, -0.05) is 0 Å². The number of benzene rings is 1. The van der Waals surface area contributed by atoms with Crippen molar-refractivity contribution in [1.82, 2.24) is 10.3 Å². The minimum atomic E-state index is -1.08. The number of thiazole rings is 1. The molecule has 1 aromatic heterocycles. The zero-order valence-electron chi connectivity index (χ0n) is 12.7. The highest BCUT2D eigenvalue weighted by Gasteiger charge is 2.12. The summed E-state index contributed by atoms with van der Waals surface area (Å²) in [7, 11) is 3.44. The average molecular weight is 337 g/mol. The third-order valence-electron chi connectivity index (χ3n) is 3.09. The summed E-state index contributed by atoms with van der Waals surface area (Å²) < 4.78 is 13.8. The lowest BCUT2D eigenvalue weighted by Crippen LogP contribution is -2.26. The molecule has 0 atom stereocenters. The zero-order valence-corrected chi connectivity index (χ0v) is 13.5.